The molecule has 1 N–H and O–H groups in total. The van der Waals surface area contributed by atoms with E-state index in [1.807, 2.05) is 34.9 Å². The van der Waals surface area contributed by atoms with Gasteiger partial charge in [0, 0.05) is 18.2 Å². The van der Waals surface area contributed by atoms with Crippen molar-refractivity contribution >= 4 is 17.5 Å². The molecule has 5 heteroatoms. The van der Waals surface area contributed by atoms with E-state index < -0.39 is 0 Å². The molecular weight excluding hydrogens is 312 g/mol. The number of nitrogens with zero attached hydrogens (tertiary/aromatic N) is 3. The molecule has 1 amide bonds. The van der Waals surface area contributed by atoms with E-state index in [0.29, 0.717) is 5.69 Å². The fourth-order valence-electron chi connectivity index (χ4n) is 3.40. The molecule has 130 valence electrons. The van der Waals surface area contributed by atoms with Crippen molar-refractivity contribution in [2.75, 3.05) is 0 Å². The SMILES string of the molecule is CC(C)c1nc(C=C(C#N)C(=O)NC2CCCCC2)c2ccccn12. The number of carbonyl (C=O) groups is 1. The third kappa shape index (κ3) is 3.74. The topological polar surface area (TPSA) is 70.2 Å². The summed E-state index contributed by atoms with van der Waals surface area (Å²) in [4.78, 5) is 17.1. The Morgan fingerprint density at radius 2 is 2.12 bits per heavy atom. The summed E-state index contributed by atoms with van der Waals surface area (Å²) >= 11 is 0. The molecule has 0 radical (unpaired) electrons. The summed E-state index contributed by atoms with van der Waals surface area (Å²) in [5.41, 5.74) is 1.69. The van der Waals surface area contributed by atoms with Crippen molar-refractivity contribution < 1.29 is 4.79 Å². The number of hydrogen-bond donors (Lipinski definition) is 1. The van der Waals surface area contributed by atoms with E-state index in [4.69, 9.17) is 0 Å². The highest BCUT2D eigenvalue weighted by atomic mass is 16.1. The van der Waals surface area contributed by atoms with Gasteiger partial charge in [-0.3, -0.25) is 4.79 Å². The molecule has 0 atom stereocenters. The van der Waals surface area contributed by atoms with Crippen LogP contribution < -0.4 is 5.32 Å². The van der Waals surface area contributed by atoms with Crippen molar-refractivity contribution in [2.24, 2.45) is 0 Å². The molecule has 0 spiro atoms. The first-order valence-corrected chi connectivity index (χ1v) is 8.99. The Labute approximate surface area is 148 Å². The van der Waals surface area contributed by atoms with Gasteiger partial charge in [-0.1, -0.05) is 39.2 Å². The maximum atomic E-state index is 12.5. The van der Waals surface area contributed by atoms with Gasteiger partial charge in [0.25, 0.3) is 5.91 Å². The van der Waals surface area contributed by atoms with Gasteiger partial charge in [-0.05, 0) is 31.1 Å². The molecule has 0 aromatic carbocycles. The zero-order chi connectivity index (χ0) is 17.8. The molecule has 0 bridgehead atoms. The molecule has 1 aliphatic carbocycles. The molecular formula is C20H24N4O. The van der Waals surface area contributed by atoms with Gasteiger partial charge in [0.05, 0.1) is 11.2 Å². The Hall–Kier alpha value is -2.61. The van der Waals surface area contributed by atoms with Crippen LogP contribution in [0.4, 0.5) is 0 Å². The minimum absolute atomic E-state index is 0.115. The number of amides is 1. The molecule has 2 heterocycles. The first-order chi connectivity index (χ1) is 12.1. The lowest BCUT2D eigenvalue weighted by Crippen LogP contribution is -2.36. The second kappa shape index (κ2) is 7.52. The molecule has 1 saturated carbocycles. The zero-order valence-corrected chi connectivity index (χ0v) is 14.8. The van der Waals surface area contributed by atoms with Crippen LogP contribution in [0.2, 0.25) is 0 Å². The van der Waals surface area contributed by atoms with Crippen molar-refractivity contribution in [3.05, 3.63) is 41.5 Å². The fraction of sp³-hybridized carbons (Fsp3) is 0.450. The van der Waals surface area contributed by atoms with Gasteiger partial charge in [-0.2, -0.15) is 5.26 Å². The summed E-state index contributed by atoms with van der Waals surface area (Å²) < 4.78 is 2.02. The Balaban J connectivity index is 1.90. The van der Waals surface area contributed by atoms with Crippen LogP contribution in [-0.4, -0.2) is 21.3 Å². The second-order valence-electron chi connectivity index (χ2n) is 6.94. The number of carbonyl (C=O) groups excluding carboxylic acids is 1. The molecule has 25 heavy (non-hydrogen) atoms. The smallest absolute Gasteiger partial charge is 0.262 e. The molecule has 0 unspecified atom stereocenters. The highest BCUT2D eigenvalue weighted by molar-refractivity contribution is 6.02. The zero-order valence-electron chi connectivity index (χ0n) is 14.8. The molecule has 1 fully saturated rings. The Bertz CT molecular complexity index is 835. The highest BCUT2D eigenvalue weighted by Gasteiger charge is 2.19. The van der Waals surface area contributed by atoms with Crippen LogP contribution in [0.3, 0.4) is 0 Å². The summed E-state index contributed by atoms with van der Waals surface area (Å²) in [6, 6.07) is 8.07. The third-order valence-corrected chi connectivity index (χ3v) is 4.71. The molecule has 5 nitrogen and oxygen atoms in total. The molecule has 0 saturated heterocycles. The first kappa shape index (κ1) is 17.2. The van der Waals surface area contributed by atoms with Crippen molar-refractivity contribution in [3.63, 3.8) is 0 Å². The highest BCUT2D eigenvalue weighted by Crippen LogP contribution is 2.22. The number of rotatable bonds is 4. The minimum atomic E-state index is -0.294. The van der Waals surface area contributed by atoms with E-state index in [9.17, 15) is 10.1 Å². The van der Waals surface area contributed by atoms with Crippen LogP contribution in [0.5, 0.6) is 0 Å². The number of nitrogens with one attached hydrogen (secondary N) is 1. The standard InChI is InChI=1S/C20H24N4O/c1-14(2)19-23-17(18-10-6-7-11-24(18)19)12-15(13-21)20(25)22-16-8-4-3-5-9-16/h6-7,10-12,14,16H,3-5,8-9H2,1-2H3,(H,22,25). The van der Waals surface area contributed by atoms with Gasteiger partial charge in [-0.15, -0.1) is 0 Å². The predicted octanol–water partition coefficient (Wildman–Crippen LogP) is 3.81. The number of imidazole rings is 1. The quantitative estimate of drug-likeness (QED) is 0.682. The fourth-order valence-corrected chi connectivity index (χ4v) is 3.40. The molecule has 1 aliphatic rings. The van der Waals surface area contributed by atoms with Gasteiger partial charge in [-0.25, -0.2) is 4.98 Å². The van der Waals surface area contributed by atoms with Crippen LogP contribution in [0.25, 0.3) is 11.6 Å². The van der Waals surface area contributed by atoms with E-state index >= 15 is 0 Å². The Kier molecular flexibility index (Phi) is 5.18. The van der Waals surface area contributed by atoms with Crippen LogP contribution in [0.1, 0.15) is 63.4 Å². The second-order valence-corrected chi connectivity index (χ2v) is 6.94. The Morgan fingerprint density at radius 1 is 1.36 bits per heavy atom. The van der Waals surface area contributed by atoms with Crippen molar-refractivity contribution in [1.82, 2.24) is 14.7 Å². The van der Waals surface area contributed by atoms with Crippen LogP contribution >= 0.6 is 0 Å². The monoisotopic (exact) mass is 336 g/mol. The van der Waals surface area contributed by atoms with Gasteiger partial charge in [0.15, 0.2) is 0 Å². The largest absolute Gasteiger partial charge is 0.349 e. The summed E-state index contributed by atoms with van der Waals surface area (Å²) in [6.07, 6.45) is 9.07. The van der Waals surface area contributed by atoms with E-state index in [1.165, 1.54) is 6.42 Å². The van der Waals surface area contributed by atoms with Gasteiger partial charge in [0.1, 0.15) is 17.5 Å². The average Bonchev–Trinajstić information content (AvgIpc) is 2.99. The predicted molar refractivity (Wildman–Crippen MR) is 97.9 cm³/mol. The normalized spacial score (nSPS) is 16.2. The summed E-state index contributed by atoms with van der Waals surface area (Å²) in [5.74, 6) is 0.878. The number of aromatic nitrogens is 2. The van der Waals surface area contributed by atoms with Crippen molar-refractivity contribution in [3.8, 4) is 6.07 Å². The van der Waals surface area contributed by atoms with Gasteiger partial charge >= 0.3 is 0 Å². The van der Waals surface area contributed by atoms with Gasteiger partial charge in [0.2, 0.25) is 0 Å². The maximum Gasteiger partial charge on any atom is 0.262 e. The minimum Gasteiger partial charge on any atom is -0.349 e. The van der Waals surface area contributed by atoms with Crippen LogP contribution in [-0.2, 0) is 4.79 Å². The van der Waals surface area contributed by atoms with Crippen LogP contribution in [0.15, 0.2) is 30.0 Å². The van der Waals surface area contributed by atoms with E-state index in [0.717, 1.165) is 37.0 Å². The lowest BCUT2D eigenvalue weighted by Gasteiger charge is -2.22. The number of fused-ring (bicyclic) bond motifs is 1. The summed E-state index contributed by atoms with van der Waals surface area (Å²) in [5, 5.41) is 12.5. The summed E-state index contributed by atoms with van der Waals surface area (Å²) in [6.45, 7) is 4.16. The van der Waals surface area contributed by atoms with Crippen molar-refractivity contribution in [2.45, 2.75) is 57.9 Å². The molecule has 2 aromatic rings. The lowest BCUT2D eigenvalue weighted by molar-refractivity contribution is -0.117. The molecule has 2 aromatic heterocycles. The number of pyridine rings is 1. The molecule has 3 rings (SSSR count). The van der Waals surface area contributed by atoms with E-state index in [2.05, 4.69) is 24.1 Å². The first-order valence-electron chi connectivity index (χ1n) is 8.99. The van der Waals surface area contributed by atoms with E-state index in [1.54, 1.807) is 6.08 Å². The van der Waals surface area contributed by atoms with Crippen LogP contribution in [0, 0.1) is 11.3 Å². The maximum absolute atomic E-state index is 12.5. The summed E-state index contributed by atoms with van der Waals surface area (Å²) in [7, 11) is 0. The van der Waals surface area contributed by atoms with E-state index in [-0.39, 0.29) is 23.4 Å². The Morgan fingerprint density at radius 3 is 2.80 bits per heavy atom. The van der Waals surface area contributed by atoms with Crippen molar-refractivity contribution in [1.29, 1.82) is 5.26 Å². The molecule has 0 aliphatic heterocycles. The van der Waals surface area contributed by atoms with Gasteiger partial charge < -0.3 is 9.72 Å². The third-order valence-electron chi connectivity index (χ3n) is 4.71. The lowest BCUT2D eigenvalue weighted by atomic mass is 9.95. The number of hydrogen-bond acceptors (Lipinski definition) is 3. The average molecular weight is 336 g/mol. The number of nitriles is 1.